The fourth-order valence-electron chi connectivity index (χ4n) is 0.985. The second-order valence-corrected chi connectivity index (χ2v) is 3.53. The molecule has 2 heteroatoms. The lowest BCUT2D eigenvalue weighted by atomic mass is 10.2. The first-order valence-electron chi connectivity index (χ1n) is 2.95. The van der Waals surface area contributed by atoms with E-state index in [4.69, 9.17) is 0 Å². The Balaban J connectivity index is 2.17. The molecule has 1 saturated carbocycles. The second kappa shape index (κ2) is 1.99. The Morgan fingerprint density at radius 1 is 1.88 bits per heavy atom. The van der Waals surface area contributed by atoms with Gasteiger partial charge in [0.2, 0.25) is 0 Å². The first-order valence-corrected chi connectivity index (χ1v) is 4.07. The molecular formula is C6H11BrO. The molecule has 1 aliphatic carbocycles. The van der Waals surface area contributed by atoms with Gasteiger partial charge in [-0.1, -0.05) is 15.9 Å². The molecule has 1 nitrogen and oxygen atoms in total. The summed E-state index contributed by atoms with van der Waals surface area (Å²) in [6.45, 7) is 1.90. The largest absolute Gasteiger partial charge is 0.390 e. The Labute approximate surface area is 58.2 Å². The average molecular weight is 179 g/mol. The third kappa shape index (κ3) is 1.23. The van der Waals surface area contributed by atoms with Crippen molar-refractivity contribution in [1.29, 1.82) is 0 Å². The third-order valence-electron chi connectivity index (χ3n) is 1.84. The Hall–Kier alpha value is 0.440. The van der Waals surface area contributed by atoms with Crippen LogP contribution in [-0.2, 0) is 0 Å². The summed E-state index contributed by atoms with van der Waals surface area (Å²) in [4.78, 5) is 0. The van der Waals surface area contributed by atoms with Gasteiger partial charge < -0.3 is 5.11 Å². The monoisotopic (exact) mass is 178 g/mol. The average Bonchev–Trinajstić information content (AvgIpc) is 2.15. The van der Waals surface area contributed by atoms with E-state index in [2.05, 4.69) is 15.9 Å². The zero-order chi connectivity index (χ0) is 6.20. The highest BCUT2D eigenvalue weighted by molar-refractivity contribution is 9.09. The van der Waals surface area contributed by atoms with Gasteiger partial charge in [0.25, 0.3) is 0 Å². The molecule has 0 amide bonds. The number of aliphatic hydroxyl groups is 1. The van der Waals surface area contributed by atoms with Crippen molar-refractivity contribution in [3.8, 4) is 0 Å². The van der Waals surface area contributed by atoms with Gasteiger partial charge in [-0.15, -0.1) is 0 Å². The van der Waals surface area contributed by atoms with Crippen LogP contribution in [0, 0.1) is 5.92 Å². The maximum atomic E-state index is 9.20. The first-order chi connectivity index (χ1) is 3.67. The van der Waals surface area contributed by atoms with Gasteiger partial charge in [-0.2, -0.15) is 0 Å². The molecule has 0 bridgehead atoms. The molecule has 0 saturated heterocycles. The minimum absolute atomic E-state index is 0.312. The van der Waals surface area contributed by atoms with E-state index < -0.39 is 0 Å². The Morgan fingerprint density at radius 2 is 2.38 bits per heavy atom. The van der Waals surface area contributed by atoms with Gasteiger partial charge in [-0.05, 0) is 25.7 Å². The van der Waals surface area contributed by atoms with Crippen LogP contribution in [0.2, 0.25) is 0 Å². The van der Waals surface area contributed by atoms with Gasteiger partial charge in [0.05, 0.1) is 5.60 Å². The number of alkyl halides is 1. The molecule has 0 aromatic carbocycles. The molecule has 2 atom stereocenters. The molecular weight excluding hydrogens is 168 g/mol. The molecule has 1 aliphatic rings. The van der Waals surface area contributed by atoms with Crippen molar-refractivity contribution in [1.82, 2.24) is 0 Å². The van der Waals surface area contributed by atoms with Gasteiger partial charge in [-0.25, -0.2) is 0 Å². The van der Waals surface area contributed by atoms with Crippen LogP contribution in [0.4, 0.5) is 0 Å². The standard InChI is InChI=1S/C6H11BrO/c1-6(8)4-5(6)2-3-7/h5,8H,2-4H2,1H3/t5-,6-/m1/s1. The fraction of sp³-hybridized carbons (Fsp3) is 1.00. The summed E-state index contributed by atoms with van der Waals surface area (Å²) in [5.41, 5.74) is -0.312. The van der Waals surface area contributed by atoms with Crippen LogP contribution >= 0.6 is 15.9 Å². The van der Waals surface area contributed by atoms with E-state index in [1.165, 1.54) is 0 Å². The molecule has 0 aromatic rings. The highest BCUT2D eigenvalue weighted by atomic mass is 79.9. The van der Waals surface area contributed by atoms with Crippen molar-refractivity contribution >= 4 is 15.9 Å². The van der Waals surface area contributed by atoms with Crippen LogP contribution in [0.3, 0.4) is 0 Å². The summed E-state index contributed by atoms with van der Waals surface area (Å²) in [5.74, 6) is 0.571. The molecule has 48 valence electrons. The molecule has 1 fully saturated rings. The maximum Gasteiger partial charge on any atom is 0.0652 e. The van der Waals surface area contributed by atoms with Gasteiger partial charge >= 0.3 is 0 Å². The van der Waals surface area contributed by atoms with E-state index >= 15 is 0 Å². The van der Waals surface area contributed by atoms with Crippen LogP contribution in [0.5, 0.6) is 0 Å². The van der Waals surface area contributed by atoms with E-state index in [9.17, 15) is 5.11 Å². The lowest BCUT2D eigenvalue weighted by Crippen LogP contribution is -2.03. The van der Waals surface area contributed by atoms with E-state index in [0.29, 0.717) is 5.92 Å². The number of hydrogen-bond donors (Lipinski definition) is 1. The van der Waals surface area contributed by atoms with Crippen molar-refractivity contribution in [3.63, 3.8) is 0 Å². The number of rotatable bonds is 2. The first kappa shape index (κ1) is 6.56. The Morgan fingerprint density at radius 3 is 2.50 bits per heavy atom. The summed E-state index contributed by atoms with van der Waals surface area (Å²) in [5, 5.41) is 10.2. The quantitative estimate of drug-likeness (QED) is 0.637. The molecule has 0 aliphatic heterocycles. The lowest BCUT2D eigenvalue weighted by Gasteiger charge is -1.97. The highest BCUT2D eigenvalue weighted by Gasteiger charge is 2.47. The minimum atomic E-state index is -0.312. The summed E-state index contributed by atoms with van der Waals surface area (Å²) in [6.07, 6.45) is 2.12. The molecule has 0 aromatic heterocycles. The SMILES string of the molecule is C[C@@]1(O)C[C@H]1CCBr. The highest BCUT2D eigenvalue weighted by Crippen LogP contribution is 2.45. The van der Waals surface area contributed by atoms with Gasteiger partial charge in [0.1, 0.15) is 0 Å². The smallest absolute Gasteiger partial charge is 0.0652 e. The molecule has 1 rings (SSSR count). The lowest BCUT2D eigenvalue weighted by molar-refractivity contribution is 0.151. The van der Waals surface area contributed by atoms with Crippen LogP contribution in [0.1, 0.15) is 19.8 Å². The molecule has 0 spiro atoms. The van der Waals surface area contributed by atoms with Gasteiger partial charge in [0.15, 0.2) is 0 Å². The minimum Gasteiger partial charge on any atom is -0.390 e. The Bertz CT molecular complexity index is 90.5. The van der Waals surface area contributed by atoms with Crippen molar-refractivity contribution in [2.75, 3.05) is 5.33 Å². The van der Waals surface area contributed by atoms with Crippen LogP contribution in [0.25, 0.3) is 0 Å². The molecule has 0 radical (unpaired) electrons. The summed E-state index contributed by atoms with van der Waals surface area (Å²) >= 11 is 3.33. The topological polar surface area (TPSA) is 20.2 Å². The summed E-state index contributed by atoms with van der Waals surface area (Å²) < 4.78 is 0. The molecule has 0 unspecified atom stereocenters. The van der Waals surface area contributed by atoms with Crippen molar-refractivity contribution in [3.05, 3.63) is 0 Å². The van der Waals surface area contributed by atoms with Crippen LogP contribution in [0.15, 0.2) is 0 Å². The van der Waals surface area contributed by atoms with Crippen LogP contribution in [-0.4, -0.2) is 16.0 Å². The predicted octanol–water partition coefficient (Wildman–Crippen LogP) is 1.54. The zero-order valence-corrected chi connectivity index (χ0v) is 6.61. The van der Waals surface area contributed by atoms with Crippen LogP contribution < -0.4 is 0 Å². The van der Waals surface area contributed by atoms with Crippen molar-refractivity contribution in [2.24, 2.45) is 5.92 Å². The maximum absolute atomic E-state index is 9.20. The second-order valence-electron chi connectivity index (χ2n) is 2.74. The molecule has 8 heavy (non-hydrogen) atoms. The van der Waals surface area contributed by atoms with E-state index in [0.717, 1.165) is 18.2 Å². The zero-order valence-electron chi connectivity index (χ0n) is 5.02. The third-order valence-corrected chi connectivity index (χ3v) is 2.29. The molecule has 0 heterocycles. The van der Waals surface area contributed by atoms with Crippen molar-refractivity contribution in [2.45, 2.75) is 25.4 Å². The summed E-state index contributed by atoms with van der Waals surface area (Å²) in [7, 11) is 0. The fourth-order valence-corrected chi connectivity index (χ4v) is 1.54. The van der Waals surface area contributed by atoms with E-state index in [1.807, 2.05) is 6.92 Å². The summed E-state index contributed by atoms with van der Waals surface area (Å²) in [6, 6.07) is 0. The van der Waals surface area contributed by atoms with E-state index in [1.54, 1.807) is 0 Å². The Kier molecular flexibility index (Phi) is 1.63. The number of hydrogen-bond acceptors (Lipinski definition) is 1. The predicted molar refractivity (Wildman–Crippen MR) is 37.1 cm³/mol. The molecule has 1 N–H and O–H groups in total. The van der Waals surface area contributed by atoms with Crippen molar-refractivity contribution < 1.29 is 5.11 Å². The normalized spacial score (nSPS) is 44.6. The number of halogens is 1. The van der Waals surface area contributed by atoms with E-state index in [-0.39, 0.29) is 5.60 Å². The van der Waals surface area contributed by atoms with Gasteiger partial charge in [0, 0.05) is 5.33 Å². The van der Waals surface area contributed by atoms with Gasteiger partial charge in [-0.3, -0.25) is 0 Å².